The fourth-order valence-electron chi connectivity index (χ4n) is 1.32. The number of pyridine rings is 1. The number of anilines is 1. The number of nitrogen functional groups attached to an aromatic ring is 1. The van der Waals surface area contributed by atoms with Gasteiger partial charge in [-0.2, -0.15) is 11.8 Å². The number of aromatic nitrogens is 1. The van der Waals surface area contributed by atoms with Crippen molar-refractivity contribution < 1.29 is 4.79 Å². The van der Waals surface area contributed by atoms with E-state index in [1.54, 1.807) is 12.1 Å². The Hall–Kier alpha value is -1.23. The molecule has 1 rings (SSSR count). The summed E-state index contributed by atoms with van der Waals surface area (Å²) in [6.45, 7) is 4.15. The fourth-order valence-corrected chi connectivity index (χ4v) is 2.13. The quantitative estimate of drug-likeness (QED) is 0.760. The summed E-state index contributed by atoms with van der Waals surface area (Å²) in [5, 5.41) is 2.94. The van der Waals surface area contributed by atoms with Crippen molar-refractivity contribution in [3.05, 3.63) is 23.9 Å². The normalized spacial score (nSPS) is 12.1. The number of rotatable bonds is 6. The van der Waals surface area contributed by atoms with Crippen molar-refractivity contribution in [1.82, 2.24) is 10.3 Å². The first-order chi connectivity index (χ1) is 8.13. The average molecular weight is 253 g/mol. The zero-order chi connectivity index (χ0) is 12.7. The summed E-state index contributed by atoms with van der Waals surface area (Å²) in [4.78, 5) is 15.7. The summed E-state index contributed by atoms with van der Waals surface area (Å²) in [6.07, 6.45) is 2.48. The van der Waals surface area contributed by atoms with Crippen LogP contribution in [0.4, 0.5) is 5.82 Å². The van der Waals surface area contributed by atoms with Crippen LogP contribution in [0, 0.1) is 0 Å². The lowest BCUT2D eigenvalue weighted by atomic mass is 10.2. The van der Waals surface area contributed by atoms with Gasteiger partial charge in [0.05, 0.1) is 5.56 Å². The summed E-state index contributed by atoms with van der Waals surface area (Å²) in [6, 6.07) is 3.50. The molecule has 3 N–H and O–H groups in total. The molecule has 1 amide bonds. The molecule has 5 heteroatoms. The van der Waals surface area contributed by atoms with Crippen LogP contribution in [0.2, 0.25) is 0 Å². The van der Waals surface area contributed by atoms with E-state index in [1.807, 2.05) is 18.7 Å². The maximum atomic E-state index is 11.8. The molecule has 1 aromatic rings. The molecule has 0 aromatic carbocycles. The number of carbonyl (C=O) groups excluding carboxylic acids is 1. The van der Waals surface area contributed by atoms with Crippen LogP contribution in [0.5, 0.6) is 0 Å². The zero-order valence-corrected chi connectivity index (χ0v) is 11.1. The predicted molar refractivity (Wildman–Crippen MR) is 73.2 cm³/mol. The van der Waals surface area contributed by atoms with Gasteiger partial charge < -0.3 is 11.1 Å². The van der Waals surface area contributed by atoms with Crippen molar-refractivity contribution in [3.8, 4) is 0 Å². The van der Waals surface area contributed by atoms with E-state index in [9.17, 15) is 4.79 Å². The molecule has 94 valence electrons. The lowest BCUT2D eigenvalue weighted by molar-refractivity contribution is 0.0939. The third-order valence-corrected chi connectivity index (χ3v) is 3.26. The molecule has 0 aliphatic rings. The highest BCUT2D eigenvalue weighted by molar-refractivity contribution is 7.99. The number of nitrogens with two attached hydrogens (primary N) is 1. The molecule has 17 heavy (non-hydrogen) atoms. The number of amides is 1. The summed E-state index contributed by atoms with van der Waals surface area (Å²) >= 11 is 1.88. The van der Waals surface area contributed by atoms with Gasteiger partial charge in [-0.3, -0.25) is 4.79 Å². The maximum absolute atomic E-state index is 11.8. The van der Waals surface area contributed by atoms with Gasteiger partial charge in [0.15, 0.2) is 0 Å². The molecule has 0 saturated heterocycles. The van der Waals surface area contributed by atoms with Gasteiger partial charge in [-0.25, -0.2) is 4.98 Å². The van der Waals surface area contributed by atoms with Crippen molar-refractivity contribution in [2.24, 2.45) is 0 Å². The van der Waals surface area contributed by atoms with Crippen LogP contribution in [0.15, 0.2) is 18.3 Å². The summed E-state index contributed by atoms with van der Waals surface area (Å²) in [5.41, 5.74) is 6.01. The number of nitrogens with one attached hydrogen (secondary N) is 1. The Morgan fingerprint density at radius 1 is 1.59 bits per heavy atom. The first-order valence-corrected chi connectivity index (χ1v) is 6.89. The molecule has 0 saturated carbocycles. The maximum Gasteiger partial charge on any atom is 0.253 e. The predicted octanol–water partition coefficient (Wildman–Crippen LogP) is 1.93. The zero-order valence-electron chi connectivity index (χ0n) is 10.3. The lowest BCUT2D eigenvalue weighted by Gasteiger charge is -2.13. The molecule has 0 bridgehead atoms. The van der Waals surface area contributed by atoms with Gasteiger partial charge >= 0.3 is 0 Å². The molecule has 0 aliphatic heterocycles. The Bertz CT molecular complexity index is 353. The van der Waals surface area contributed by atoms with Gasteiger partial charge in [-0.05, 0) is 37.0 Å². The molecule has 0 aliphatic carbocycles. The molecule has 1 heterocycles. The molecular weight excluding hydrogens is 234 g/mol. The van der Waals surface area contributed by atoms with Crippen LogP contribution in [0.25, 0.3) is 0 Å². The topological polar surface area (TPSA) is 68.0 Å². The monoisotopic (exact) mass is 253 g/mol. The number of hydrogen-bond donors (Lipinski definition) is 2. The lowest BCUT2D eigenvalue weighted by Crippen LogP contribution is -2.33. The second-order valence-electron chi connectivity index (χ2n) is 3.83. The second kappa shape index (κ2) is 7.17. The standard InChI is InChI=1S/C12H19N3OS/c1-3-17-7-6-9(2)15-12(16)10-4-5-11(13)14-8-10/h4-5,8-9H,3,6-7H2,1-2H3,(H2,13,14)(H,15,16). The van der Waals surface area contributed by atoms with E-state index < -0.39 is 0 Å². The summed E-state index contributed by atoms with van der Waals surface area (Å²) in [5.74, 6) is 2.51. The molecule has 1 aromatic heterocycles. The summed E-state index contributed by atoms with van der Waals surface area (Å²) < 4.78 is 0. The Morgan fingerprint density at radius 2 is 2.35 bits per heavy atom. The average Bonchev–Trinajstić information content (AvgIpc) is 2.30. The Kier molecular flexibility index (Phi) is 5.83. The van der Waals surface area contributed by atoms with Crippen LogP contribution in [-0.4, -0.2) is 28.4 Å². The molecule has 0 fully saturated rings. The van der Waals surface area contributed by atoms with Crippen molar-refractivity contribution >= 4 is 23.5 Å². The van der Waals surface area contributed by atoms with E-state index in [0.29, 0.717) is 11.4 Å². The number of thioether (sulfide) groups is 1. The van der Waals surface area contributed by atoms with Gasteiger partial charge in [0.2, 0.25) is 0 Å². The molecule has 1 unspecified atom stereocenters. The minimum absolute atomic E-state index is 0.0912. The van der Waals surface area contributed by atoms with E-state index in [0.717, 1.165) is 17.9 Å². The third kappa shape index (κ3) is 5.08. The van der Waals surface area contributed by atoms with Gasteiger partial charge in [0.1, 0.15) is 5.82 Å². The van der Waals surface area contributed by atoms with E-state index in [-0.39, 0.29) is 11.9 Å². The first kappa shape index (κ1) is 13.8. The van der Waals surface area contributed by atoms with Crippen molar-refractivity contribution in [2.45, 2.75) is 26.3 Å². The molecule has 4 nitrogen and oxygen atoms in total. The van der Waals surface area contributed by atoms with Gasteiger partial charge in [-0.1, -0.05) is 6.92 Å². The van der Waals surface area contributed by atoms with Crippen LogP contribution in [0.1, 0.15) is 30.6 Å². The highest BCUT2D eigenvalue weighted by Gasteiger charge is 2.09. The van der Waals surface area contributed by atoms with E-state index in [2.05, 4.69) is 17.2 Å². The smallest absolute Gasteiger partial charge is 0.253 e. The van der Waals surface area contributed by atoms with Crippen LogP contribution in [-0.2, 0) is 0 Å². The molecular formula is C12H19N3OS. The molecule has 0 spiro atoms. The fraction of sp³-hybridized carbons (Fsp3) is 0.500. The first-order valence-electron chi connectivity index (χ1n) is 5.73. The minimum atomic E-state index is -0.0912. The van der Waals surface area contributed by atoms with Crippen LogP contribution < -0.4 is 11.1 Å². The number of hydrogen-bond acceptors (Lipinski definition) is 4. The van der Waals surface area contributed by atoms with Crippen LogP contribution in [0.3, 0.4) is 0 Å². The second-order valence-corrected chi connectivity index (χ2v) is 5.23. The Labute approximate surface area is 106 Å². The van der Waals surface area contributed by atoms with E-state index >= 15 is 0 Å². The van der Waals surface area contributed by atoms with Gasteiger partial charge in [-0.15, -0.1) is 0 Å². The van der Waals surface area contributed by atoms with E-state index in [4.69, 9.17) is 5.73 Å². The third-order valence-electron chi connectivity index (χ3n) is 2.33. The van der Waals surface area contributed by atoms with Gasteiger partial charge in [0, 0.05) is 12.2 Å². The summed E-state index contributed by atoms with van der Waals surface area (Å²) in [7, 11) is 0. The van der Waals surface area contributed by atoms with Crippen molar-refractivity contribution in [1.29, 1.82) is 0 Å². The van der Waals surface area contributed by atoms with Crippen LogP contribution >= 0.6 is 11.8 Å². The van der Waals surface area contributed by atoms with Crippen molar-refractivity contribution in [2.75, 3.05) is 17.2 Å². The largest absolute Gasteiger partial charge is 0.384 e. The SMILES string of the molecule is CCSCCC(C)NC(=O)c1ccc(N)nc1. The van der Waals surface area contributed by atoms with Crippen molar-refractivity contribution in [3.63, 3.8) is 0 Å². The Balaban J connectivity index is 2.40. The minimum Gasteiger partial charge on any atom is -0.384 e. The molecule has 1 atom stereocenters. The highest BCUT2D eigenvalue weighted by atomic mass is 32.2. The number of carbonyl (C=O) groups is 1. The Morgan fingerprint density at radius 3 is 2.94 bits per heavy atom. The number of nitrogens with zero attached hydrogens (tertiary/aromatic N) is 1. The van der Waals surface area contributed by atoms with E-state index in [1.165, 1.54) is 6.20 Å². The molecule has 0 radical (unpaired) electrons. The highest BCUT2D eigenvalue weighted by Crippen LogP contribution is 2.05. The van der Waals surface area contributed by atoms with Gasteiger partial charge in [0.25, 0.3) is 5.91 Å².